The number of ether oxygens (including phenoxy) is 1. The second kappa shape index (κ2) is 5.19. The molecule has 0 aliphatic rings. The minimum atomic E-state index is -0.830. The molecule has 0 saturated heterocycles. The summed E-state index contributed by atoms with van der Waals surface area (Å²) in [5.41, 5.74) is 6.46. The van der Waals surface area contributed by atoms with Crippen LogP contribution in [0.4, 0.5) is 0 Å². The third-order valence-corrected chi connectivity index (χ3v) is 3.33. The van der Waals surface area contributed by atoms with Crippen molar-refractivity contribution >= 4 is 33.4 Å². The first-order chi connectivity index (χ1) is 8.61. The Kier molecular flexibility index (Phi) is 3.63. The van der Waals surface area contributed by atoms with E-state index in [1.165, 1.54) is 18.4 Å². The Morgan fingerprint density at radius 3 is 3.00 bits per heavy atom. The molecule has 4 N–H and O–H groups in total. The molecule has 2 heterocycles. The van der Waals surface area contributed by atoms with Crippen LogP contribution < -0.4 is 11.1 Å². The van der Waals surface area contributed by atoms with Gasteiger partial charge in [0.05, 0.1) is 16.8 Å². The molecule has 1 unspecified atom stereocenters. The lowest BCUT2D eigenvalue weighted by Crippen LogP contribution is -2.47. The number of hydrogen-bond acceptors (Lipinski definition) is 4. The highest BCUT2D eigenvalue weighted by Gasteiger charge is 2.19. The summed E-state index contributed by atoms with van der Waals surface area (Å²) in [6.07, 6.45) is 0. The molecule has 0 fully saturated rings. The topological polar surface area (TPSA) is 97.2 Å². The predicted octanol–water partition coefficient (Wildman–Crippen LogP) is 0.460. The number of nitrogens with one attached hydrogen (secondary N) is 2. The van der Waals surface area contributed by atoms with Crippen molar-refractivity contribution in [3.05, 3.63) is 23.2 Å². The zero-order chi connectivity index (χ0) is 13.1. The molecule has 0 radical (unpaired) electrons. The van der Waals surface area contributed by atoms with Crippen LogP contribution in [0.15, 0.2) is 17.5 Å². The van der Waals surface area contributed by atoms with Gasteiger partial charge in [0.1, 0.15) is 11.7 Å². The molecule has 2 aromatic heterocycles. The number of aromatic nitrogens is 1. The lowest BCUT2D eigenvalue weighted by Gasteiger charge is -2.13. The van der Waals surface area contributed by atoms with Crippen molar-refractivity contribution in [1.82, 2.24) is 10.3 Å². The normalized spacial score (nSPS) is 12.5. The molecule has 1 atom stereocenters. The Labute approximate surface area is 107 Å². The van der Waals surface area contributed by atoms with Crippen molar-refractivity contribution in [3.8, 4) is 0 Å². The Morgan fingerprint density at radius 1 is 1.61 bits per heavy atom. The van der Waals surface area contributed by atoms with Crippen molar-refractivity contribution in [2.75, 3.05) is 13.7 Å². The highest BCUT2D eigenvalue weighted by atomic mass is 32.1. The van der Waals surface area contributed by atoms with Crippen LogP contribution >= 0.6 is 11.3 Å². The fourth-order valence-electron chi connectivity index (χ4n) is 1.57. The molecule has 96 valence electrons. The van der Waals surface area contributed by atoms with E-state index >= 15 is 0 Å². The SMILES string of the molecule is COCC(NC(=O)c1cc2sccc2[nH]1)C(N)=O. The Bertz CT molecular complexity index is 546. The van der Waals surface area contributed by atoms with Crippen molar-refractivity contribution in [3.63, 3.8) is 0 Å². The van der Waals surface area contributed by atoms with Gasteiger partial charge in [-0.2, -0.15) is 0 Å². The van der Waals surface area contributed by atoms with Gasteiger partial charge in [0.15, 0.2) is 0 Å². The monoisotopic (exact) mass is 267 g/mol. The third kappa shape index (κ3) is 2.52. The smallest absolute Gasteiger partial charge is 0.268 e. The molecule has 0 aromatic carbocycles. The summed E-state index contributed by atoms with van der Waals surface area (Å²) in [5.74, 6) is -1.00. The van der Waals surface area contributed by atoms with Gasteiger partial charge in [-0.1, -0.05) is 0 Å². The molecule has 2 amide bonds. The zero-order valence-electron chi connectivity index (χ0n) is 9.73. The largest absolute Gasteiger partial charge is 0.382 e. The molecule has 18 heavy (non-hydrogen) atoms. The number of methoxy groups -OCH3 is 1. The van der Waals surface area contributed by atoms with Crippen molar-refractivity contribution < 1.29 is 14.3 Å². The van der Waals surface area contributed by atoms with E-state index in [1.54, 1.807) is 6.07 Å². The number of aromatic amines is 1. The van der Waals surface area contributed by atoms with E-state index in [0.717, 1.165) is 10.2 Å². The van der Waals surface area contributed by atoms with E-state index in [0.29, 0.717) is 5.69 Å². The molecule has 0 bridgehead atoms. The number of thiophene rings is 1. The second-order valence-electron chi connectivity index (χ2n) is 3.77. The molecule has 0 saturated carbocycles. The number of carbonyl (C=O) groups is 2. The summed E-state index contributed by atoms with van der Waals surface area (Å²) in [7, 11) is 1.44. The number of H-pyrrole nitrogens is 1. The van der Waals surface area contributed by atoms with Gasteiger partial charge in [0, 0.05) is 7.11 Å². The second-order valence-corrected chi connectivity index (χ2v) is 4.71. The number of rotatable bonds is 5. The fraction of sp³-hybridized carbons (Fsp3) is 0.273. The van der Waals surface area contributed by atoms with Gasteiger partial charge in [-0.15, -0.1) is 11.3 Å². The maximum atomic E-state index is 11.9. The summed E-state index contributed by atoms with van der Waals surface area (Å²) >= 11 is 1.53. The highest BCUT2D eigenvalue weighted by Crippen LogP contribution is 2.21. The van der Waals surface area contributed by atoms with Gasteiger partial charge in [0.2, 0.25) is 5.91 Å². The minimum absolute atomic E-state index is 0.0517. The highest BCUT2D eigenvalue weighted by molar-refractivity contribution is 7.17. The van der Waals surface area contributed by atoms with E-state index in [2.05, 4.69) is 10.3 Å². The molecule has 0 aliphatic heterocycles. The van der Waals surface area contributed by atoms with Crippen LogP contribution in [-0.2, 0) is 9.53 Å². The van der Waals surface area contributed by atoms with E-state index < -0.39 is 11.9 Å². The quantitative estimate of drug-likeness (QED) is 0.734. The standard InChI is InChI=1S/C11H13N3O3S/c1-17-5-8(10(12)15)14-11(16)7-4-9-6(13-7)2-3-18-9/h2-4,8,13H,5H2,1H3,(H2,12,15)(H,14,16). The first-order valence-corrected chi connectivity index (χ1v) is 6.15. The van der Waals surface area contributed by atoms with E-state index in [-0.39, 0.29) is 12.5 Å². The lowest BCUT2D eigenvalue weighted by atomic mass is 10.3. The van der Waals surface area contributed by atoms with Crippen LogP contribution in [-0.4, -0.2) is 36.6 Å². The molecule has 0 spiro atoms. The summed E-state index contributed by atoms with van der Waals surface area (Å²) in [6, 6.07) is 2.79. The average molecular weight is 267 g/mol. The van der Waals surface area contributed by atoms with Crippen molar-refractivity contribution in [2.24, 2.45) is 5.73 Å². The molecule has 7 heteroatoms. The van der Waals surface area contributed by atoms with E-state index in [4.69, 9.17) is 10.5 Å². The Balaban J connectivity index is 2.11. The van der Waals surface area contributed by atoms with Crippen molar-refractivity contribution in [2.45, 2.75) is 6.04 Å². The van der Waals surface area contributed by atoms with Crippen LogP contribution in [0, 0.1) is 0 Å². The molecule has 2 rings (SSSR count). The number of hydrogen-bond donors (Lipinski definition) is 3. The molecular formula is C11H13N3O3S. The van der Waals surface area contributed by atoms with Gasteiger partial charge in [-0.3, -0.25) is 9.59 Å². The summed E-state index contributed by atoms with van der Waals surface area (Å²) in [5, 5.41) is 4.45. The van der Waals surface area contributed by atoms with Gasteiger partial charge < -0.3 is 20.8 Å². The molecule has 6 nitrogen and oxygen atoms in total. The molecule has 0 aliphatic carbocycles. The molecule has 2 aromatic rings. The van der Waals surface area contributed by atoms with Crippen LogP contribution in [0.3, 0.4) is 0 Å². The first-order valence-electron chi connectivity index (χ1n) is 5.27. The number of carbonyl (C=O) groups excluding carboxylic acids is 2. The maximum absolute atomic E-state index is 11.9. The predicted molar refractivity (Wildman–Crippen MR) is 68.5 cm³/mol. The zero-order valence-corrected chi connectivity index (χ0v) is 10.5. The number of nitrogens with two attached hydrogens (primary N) is 1. The van der Waals surface area contributed by atoms with Crippen LogP contribution in [0.1, 0.15) is 10.5 Å². The van der Waals surface area contributed by atoms with E-state index in [9.17, 15) is 9.59 Å². The third-order valence-electron chi connectivity index (χ3n) is 2.47. The van der Waals surface area contributed by atoms with Crippen LogP contribution in [0.25, 0.3) is 10.2 Å². The van der Waals surface area contributed by atoms with Crippen LogP contribution in [0.2, 0.25) is 0 Å². The lowest BCUT2D eigenvalue weighted by molar-refractivity contribution is -0.121. The average Bonchev–Trinajstić information content (AvgIpc) is 2.87. The number of fused-ring (bicyclic) bond motifs is 1. The summed E-state index contributed by atoms with van der Waals surface area (Å²) < 4.78 is 5.81. The summed E-state index contributed by atoms with van der Waals surface area (Å²) in [6.45, 7) is 0.0517. The first kappa shape index (κ1) is 12.6. The Hall–Kier alpha value is -1.86. The van der Waals surface area contributed by atoms with Crippen molar-refractivity contribution in [1.29, 1.82) is 0 Å². The minimum Gasteiger partial charge on any atom is -0.382 e. The summed E-state index contributed by atoms with van der Waals surface area (Å²) in [4.78, 5) is 26.0. The van der Waals surface area contributed by atoms with Gasteiger partial charge in [-0.25, -0.2) is 0 Å². The van der Waals surface area contributed by atoms with Crippen LogP contribution in [0.5, 0.6) is 0 Å². The Morgan fingerprint density at radius 2 is 2.39 bits per heavy atom. The van der Waals surface area contributed by atoms with Gasteiger partial charge in [-0.05, 0) is 17.5 Å². The van der Waals surface area contributed by atoms with Gasteiger partial charge >= 0.3 is 0 Å². The maximum Gasteiger partial charge on any atom is 0.268 e. The van der Waals surface area contributed by atoms with E-state index in [1.807, 2.05) is 11.4 Å². The fourth-order valence-corrected chi connectivity index (χ4v) is 2.35. The number of amides is 2. The number of primary amides is 1. The van der Waals surface area contributed by atoms with Gasteiger partial charge in [0.25, 0.3) is 5.91 Å². The molecular weight excluding hydrogens is 254 g/mol.